The zero-order valence-corrected chi connectivity index (χ0v) is 15.8. The molecule has 3 heterocycles. The highest BCUT2D eigenvalue weighted by atomic mass is 16.5. The number of nitrogens with zero attached hydrogens (tertiary/aromatic N) is 4. The van der Waals surface area contributed by atoms with E-state index in [1.807, 2.05) is 30.5 Å². The molecule has 0 atom stereocenters. The highest BCUT2D eigenvalue weighted by Gasteiger charge is 2.17. The van der Waals surface area contributed by atoms with Crippen molar-refractivity contribution in [3.05, 3.63) is 36.5 Å². The zero-order chi connectivity index (χ0) is 18.6. The highest BCUT2D eigenvalue weighted by Crippen LogP contribution is 2.30. The Bertz CT molecular complexity index is 902. The van der Waals surface area contributed by atoms with E-state index in [2.05, 4.69) is 38.1 Å². The lowest BCUT2D eigenvalue weighted by atomic mass is 10.1. The van der Waals surface area contributed by atoms with Crippen molar-refractivity contribution in [3.8, 4) is 17.0 Å². The average Bonchev–Trinajstić information content (AvgIpc) is 3.12. The van der Waals surface area contributed by atoms with Gasteiger partial charge in [0.05, 0.1) is 12.1 Å². The zero-order valence-electron chi connectivity index (χ0n) is 15.8. The van der Waals surface area contributed by atoms with Crippen molar-refractivity contribution in [2.75, 3.05) is 58.5 Å². The lowest BCUT2D eigenvalue weighted by molar-refractivity contribution is 0.146. The number of hydrogen-bond donors (Lipinski definition) is 1. The van der Waals surface area contributed by atoms with Gasteiger partial charge in [0.2, 0.25) is 0 Å². The van der Waals surface area contributed by atoms with Crippen LogP contribution in [0.5, 0.6) is 5.75 Å². The number of rotatable bonds is 6. The Balaban J connectivity index is 1.61. The SMILES string of the molecule is COCCOc1ccc2[nH]nc(-c3ccnc(N4CCN(C)CC4)c3)c2c1. The molecular weight excluding hydrogens is 342 g/mol. The molecule has 0 amide bonds. The summed E-state index contributed by atoms with van der Waals surface area (Å²) in [6, 6.07) is 10.1. The van der Waals surface area contributed by atoms with Gasteiger partial charge in [0.25, 0.3) is 0 Å². The minimum Gasteiger partial charge on any atom is -0.491 e. The molecular formula is C20H25N5O2. The molecule has 0 radical (unpaired) electrons. The van der Waals surface area contributed by atoms with Crippen LogP contribution in [0.4, 0.5) is 5.82 Å². The second-order valence-electron chi connectivity index (χ2n) is 6.81. The van der Waals surface area contributed by atoms with Gasteiger partial charge >= 0.3 is 0 Å². The van der Waals surface area contributed by atoms with Crippen molar-refractivity contribution in [2.45, 2.75) is 0 Å². The third-order valence-corrected chi connectivity index (χ3v) is 4.94. The number of nitrogens with one attached hydrogen (secondary N) is 1. The Morgan fingerprint density at radius 2 is 1.93 bits per heavy atom. The first-order chi connectivity index (χ1) is 13.2. The van der Waals surface area contributed by atoms with Gasteiger partial charge < -0.3 is 19.3 Å². The molecule has 1 saturated heterocycles. The molecule has 0 saturated carbocycles. The van der Waals surface area contributed by atoms with Gasteiger partial charge in [-0.15, -0.1) is 0 Å². The summed E-state index contributed by atoms with van der Waals surface area (Å²) in [4.78, 5) is 9.25. The Morgan fingerprint density at radius 3 is 2.74 bits per heavy atom. The van der Waals surface area contributed by atoms with E-state index in [4.69, 9.17) is 9.47 Å². The maximum absolute atomic E-state index is 5.75. The molecule has 1 aromatic carbocycles. The van der Waals surface area contributed by atoms with Crippen LogP contribution in [0.3, 0.4) is 0 Å². The van der Waals surface area contributed by atoms with Crippen LogP contribution in [0.1, 0.15) is 0 Å². The van der Waals surface area contributed by atoms with Gasteiger partial charge in [-0.3, -0.25) is 5.10 Å². The number of aromatic nitrogens is 3. The molecule has 0 bridgehead atoms. The van der Waals surface area contributed by atoms with Gasteiger partial charge in [-0.25, -0.2) is 4.98 Å². The molecule has 0 spiro atoms. The van der Waals surface area contributed by atoms with Crippen LogP contribution in [-0.2, 0) is 4.74 Å². The molecule has 7 nitrogen and oxygen atoms in total. The number of benzene rings is 1. The predicted molar refractivity (Wildman–Crippen MR) is 106 cm³/mol. The summed E-state index contributed by atoms with van der Waals surface area (Å²) in [5.74, 6) is 1.82. The average molecular weight is 367 g/mol. The lowest BCUT2D eigenvalue weighted by Gasteiger charge is -2.33. The number of pyridine rings is 1. The maximum Gasteiger partial charge on any atom is 0.129 e. The molecule has 0 aliphatic carbocycles. The van der Waals surface area contributed by atoms with Crippen molar-refractivity contribution < 1.29 is 9.47 Å². The minimum atomic E-state index is 0.526. The quantitative estimate of drug-likeness (QED) is 0.675. The normalized spacial score (nSPS) is 15.4. The van der Waals surface area contributed by atoms with Crippen molar-refractivity contribution in [3.63, 3.8) is 0 Å². The Hall–Kier alpha value is -2.64. The molecule has 4 rings (SSSR count). The number of piperazine rings is 1. The summed E-state index contributed by atoms with van der Waals surface area (Å²) in [5.41, 5.74) is 2.96. The van der Waals surface area contributed by atoms with E-state index in [9.17, 15) is 0 Å². The standard InChI is InChI=1S/C20H25N5O2/c1-24-7-9-25(10-8-24)19-13-15(5-6-21-19)20-17-14-16(27-12-11-26-2)3-4-18(17)22-23-20/h3-6,13-14H,7-12H2,1-2H3,(H,22,23). The van der Waals surface area contributed by atoms with E-state index in [-0.39, 0.29) is 0 Å². The molecule has 7 heteroatoms. The van der Waals surface area contributed by atoms with Crippen LogP contribution in [0.15, 0.2) is 36.5 Å². The van der Waals surface area contributed by atoms with E-state index in [1.165, 1.54) is 0 Å². The fourth-order valence-electron chi connectivity index (χ4n) is 3.32. The van der Waals surface area contributed by atoms with Crippen LogP contribution in [0.25, 0.3) is 22.2 Å². The highest BCUT2D eigenvalue weighted by molar-refractivity contribution is 5.94. The molecule has 2 aromatic heterocycles. The molecule has 1 aliphatic rings. The first-order valence-electron chi connectivity index (χ1n) is 9.24. The first kappa shape index (κ1) is 17.8. The maximum atomic E-state index is 5.75. The summed E-state index contributed by atoms with van der Waals surface area (Å²) in [7, 11) is 3.82. The van der Waals surface area contributed by atoms with Crippen molar-refractivity contribution in [1.29, 1.82) is 0 Å². The Kier molecular flexibility index (Phi) is 5.22. The van der Waals surface area contributed by atoms with Gasteiger partial charge in [0.15, 0.2) is 0 Å². The second kappa shape index (κ2) is 7.94. The third kappa shape index (κ3) is 3.89. The number of methoxy groups -OCH3 is 1. The summed E-state index contributed by atoms with van der Waals surface area (Å²) in [6.45, 7) is 5.18. The Morgan fingerprint density at radius 1 is 1.07 bits per heavy atom. The van der Waals surface area contributed by atoms with Gasteiger partial charge in [-0.1, -0.05) is 0 Å². The fraction of sp³-hybridized carbons (Fsp3) is 0.400. The molecule has 0 unspecified atom stereocenters. The number of H-pyrrole nitrogens is 1. The van der Waals surface area contributed by atoms with Gasteiger partial charge in [0.1, 0.15) is 23.9 Å². The van der Waals surface area contributed by atoms with Crippen LogP contribution in [-0.4, -0.2) is 73.6 Å². The topological polar surface area (TPSA) is 66.5 Å². The molecule has 142 valence electrons. The van der Waals surface area contributed by atoms with Crippen LogP contribution in [0, 0.1) is 0 Å². The van der Waals surface area contributed by atoms with Crippen molar-refractivity contribution in [2.24, 2.45) is 0 Å². The first-order valence-corrected chi connectivity index (χ1v) is 9.24. The molecule has 27 heavy (non-hydrogen) atoms. The number of anilines is 1. The minimum absolute atomic E-state index is 0.526. The smallest absolute Gasteiger partial charge is 0.129 e. The number of likely N-dealkylation sites (N-methyl/N-ethyl adjacent to an activating group) is 1. The van der Waals surface area contributed by atoms with E-state index >= 15 is 0 Å². The van der Waals surface area contributed by atoms with Gasteiger partial charge in [-0.2, -0.15) is 5.10 Å². The van der Waals surface area contributed by atoms with E-state index < -0.39 is 0 Å². The van der Waals surface area contributed by atoms with E-state index in [1.54, 1.807) is 7.11 Å². The van der Waals surface area contributed by atoms with Crippen LogP contribution in [0.2, 0.25) is 0 Å². The summed E-state index contributed by atoms with van der Waals surface area (Å²) in [6.07, 6.45) is 1.86. The number of ether oxygens (including phenoxy) is 2. The molecule has 1 fully saturated rings. The number of fused-ring (bicyclic) bond motifs is 1. The van der Waals surface area contributed by atoms with Crippen molar-refractivity contribution in [1.82, 2.24) is 20.1 Å². The predicted octanol–water partition coefficient (Wildman–Crippen LogP) is 2.40. The largest absolute Gasteiger partial charge is 0.491 e. The van der Waals surface area contributed by atoms with Gasteiger partial charge in [0, 0.05) is 50.4 Å². The van der Waals surface area contributed by atoms with E-state index in [0.29, 0.717) is 13.2 Å². The monoisotopic (exact) mass is 367 g/mol. The summed E-state index contributed by atoms with van der Waals surface area (Å²) >= 11 is 0. The van der Waals surface area contributed by atoms with E-state index in [0.717, 1.165) is 59.9 Å². The third-order valence-electron chi connectivity index (χ3n) is 4.94. The van der Waals surface area contributed by atoms with Crippen LogP contribution >= 0.6 is 0 Å². The molecule has 1 aliphatic heterocycles. The number of hydrogen-bond acceptors (Lipinski definition) is 6. The summed E-state index contributed by atoms with van der Waals surface area (Å²) < 4.78 is 10.8. The number of aromatic amines is 1. The lowest BCUT2D eigenvalue weighted by Crippen LogP contribution is -2.44. The van der Waals surface area contributed by atoms with Crippen LogP contribution < -0.4 is 9.64 Å². The van der Waals surface area contributed by atoms with Crippen molar-refractivity contribution >= 4 is 16.7 Å². The second-order valence-corrected chi connectivity index (χ2v) is 6.81. The Labute approximate surface area is 158 Å². The fourth-order valence-corrected chi connectivity index (χ4v) is 3.32. The van der Waals surface area contributed by atoms with Gasteiger partial charge in [-0.05, 0) is 37.4 Å². The molecule has 1 N–H and O–H groups in total. The summed E-state index contributed by atoms with van der Waals surface area (Å²) in [5, 5.41) is 8.70. The molecule has 3 aromatic rings.